The Kier molecular flexibility index (Phi) is 11.2. The van der Waals surface area contributed by atoms with E-state index in [2.05, 4.69) is 39.2 Å². The topological polar surface area (TPSA) is 0 Å². The van der Waals surface area contributed by atoms with Crippen LogP contribution in [0.4, 0.5) is 0 Å². The van der Waals surface area contributed by atoms with Gasteiger partial charge in [-0.3, -0.25) is 4.48 Å². The van der Waals surface area contributed by atoms with Crippen molar-refractivity contribution in [1.82, 2.24) is 0 Å². The normalized spacial score (nSPS) is 20.9. The van der Waals surface area contributed by atoms with Crippen molar-refractivity contribution in [3.05, 3.63) is 24.0 Å². The van der Waals surface area contributed by atoms with Crippen molar-refractivity contribution < 1.29 is 16.9 Å². The van der Waals surface area contributed by atoms with Gasteiger partial charge in [-0.05, 0) is 32.1 Å². The smallest absolute Gasteiger partial charge is 0.104 e. The van der Waals surface area contributed by atoms with Crippen LogP contribution in [0.25, 0.3) is 0 Å². The second kappa shape index (κ2) is 11.4. The summed E-state index contributed by atoms with van der Waals surface area (Å²) in [5.41, 5.74) is 1.58. The molecular formula is C18H34ClN. The third kappa shape index (κ3) is 6.95. The van der Waals surface area contributed by atoms with Crippen molar-refractivity contribution in [2.45, 2.75) is 78.6 Å². The summed E-state index contributed by atoms with van der Waals surface area (Å²) in [5.74, 6) is 0. The largest absolute Gasteiger partial charge is 1.00 e. The van der Waals surface area contributed by atoms with Crippen LogP contribution in [0.2, 0.25) is 0 Å². The molecule has 1 aliphatic heterocycles. The first-order chi connectivity index (χ1) is 9.26. The van der Waals surface area contributed by atoms with E-state index < -0.39 is 0 Å². The summed E-state index contributed by atoms with van der Waals surface area (Å²) in [4.78, 5) is 0. The van der Waals surface area contributed by atoms with E-state index in [1.54, 1.807) is 5.57 Å². The van der Waals surface area contributed by atoms with E-state index in [0.717, 1.165) is 4.48 Å². The zero-order valence-electron chi connectivity index (χ0n) is 13.8. The lowest BCUT2D eigenvalue weighted by Gasteiger charge is -2.29. The highest BCUT2D eigenvalue weighted by molar-refractivity contribution is 5.19. The van der Waals surface area contributed by atoms with Crippen LogP contribution in [-0.4, -0.2) is 17.6 Å². The third-order valence-electron chi connectivity index (χ3n) is 4.18. The molecule has 0 radical (unpaired) electrons. The maximum Gasteiger partial charge on any atom is 0.104 e. The summed E-state index contributed by atoms with van der Waals surface area (Å²) >= 11 is 0. The van der Waals surface area contributed by atoms with E-state index in [-0.39, 0.29) is 12.4 Å². The number of halogens is 1. The van der Waals surface area contributed by atoms with E-state index >= 15 is 0 Å². The minimum absolute atomic E-state index is 0. The van der Waals surface area contributed by atoms with Gasteiger partial charge in [-0.1, -0.05) is 46.5 Å². The highest BCUT2D eigenvalue weighted by Gasteiger charge is 2.26. The Morgan fingerprint density at radius 3 is 2.10 bits per heavy atom. The quantitative estimate of drug-likeness (QED) is 0.406. The molecular weight excluding hydrogens is 266 g/mol. The fourth-order valence-corrected chi connectivity index (χ4v) is 2.86. The van der Waals surface area contributed by atoms with Crippen LogP contribution in [0.3, 0.4) is 0 Å². The molecule has 2 heteroatoms. The average molecular weight is 300 g/mol. The van der Waals surface area contributed by atoms with Crippen LogP contribution in [0, 0.1) is 0 Å². The van der Waals surface area contributed by atoms with Crippen LogP contribution in [-0.2, 0) is 0 Å². The summed E-state index contributed by atoms with van der Waals surface area (Å²) in [6.45, 7) is 9.49. The molecule has 1 rings (SSSR count). The van der Waals surface area contributed by atoms with Crippen molar-refractivity contribution >= 4 is 0 Å². The van der Waals surface area contributed by atoms with Gasteiger partial charge in [-0.25, -0.2) is 0 Å². The predicted molar refractivity (Wildman–Crippen MR) is 85.8 cm³/mol. The summed E-state index contributed by atoms with van der Waals surface area (Å²) in [5, 5.41) is 0. The second-order valence-corrected chi connectivity index (χ2v) is 6.09. The van der Waals surface area contributed by atoms with E-state index in [0.29, 0.717) is 0 Å². The minimum atomic E-state index is 0. The van der Waals surface area contributed by atoms with Gasteiger partial charge in [0.15, 0.2) is 0 Å². The number of allylic oxidation sites excluding steroid dienone is 2. The Morgan fingerprint density at radius 2 is 1.45 bits per heavy atom. The monoisotopic (exact) mass is 299 g/mol. The number of quaternary nitrogens is 1. The van der Waals surface area contributed by atoms with E-state index in [1.165, 1.54) is 70.9 Å². The van der Waals surface area contributed by atoms with E-state index in [1.807, 2.05) is 0 Å². The molecule has 1 aliphatic rings. The second-order valence-electron chi connectivity index (χ2n) is 6.09. The van der Waals surface area contributed by atoms with Crippen LogP contribution in [0.1, 0.15) is 78.6 Å². The molecule has 0 spiro atoms. The SMILES string of the molecule is CCCCCC[N+]1(CCCC)C=CC(CCCC)=C1.[Cl-]. The summed E-state index contributed by atoms with van der Waals surface area (Å²) < 4.78 is 1.14. The lowest BCUT2D eigenvalue weighted by molar-refractivity contribution is -0.826. The molecule has 118 valence electrons. The maximum absolute atomic E-state index is 2.55. The summed E-state index contributed by atoms with van der Waals surface area (Å²) in [6, 6.07) is 0. The molecule has 20 heavy (non-hydrogen) atoms. The number of unbranched alkanes of at least 4 members (excludes halogenated alkanes) is 5. The molecule has 0 N–H and O–H groups in total. The van der Waals surface area contributed by atoms with Crippen molar-refractivity contribution in [1.29, 1.82) is 0 Å². The molecule has 0 aliphatic carbocycles. The molecule has 0 bridgehead atoms. The van der Waals surface area contributed by atoms with Gasteiger partial charge in [0, 0.05) is 11.6 Å². The number of nitrogens with zero attached hydrogens (tertiary/aromatic N) is 1. The molecule has 1 heterocycles. The molecule has 0 saturated heterocycles. The van der Waals surface area contributed by atoms with Crippen LogP contribution in [0.5, 0.6) is 0 Å². The summed E-state index contributed by atoms with van der Waals surface area (Å²) in [6.07, 6.45) is 19.5. The molecule has 0 aromatic heterocycles. The van der Waals surface area contributed by atoms with Gasteiger partial charge < -0.3 is 12.4 Å². The van der Waals surface area contributed by atoms with Crippen LogP contribution >= 0.6 is 0 Å². The number of hydrogen-bond donors (Lipinski definition) is 0. The van der Waals surface area contributed by atoms with Crippen molar-refractivity contribution in [3.8, 4) is 0 Å². The van der Waals surface area contributed by atoms with E-state index in [9.17, 15) is 0 Å². The first-order valence-corrected chi connectivity index (χ1v) is 8.53. The maximum atomic E-state index is 2.55. The van der Waals surface area contributed by atoms with Gasteiger partial charge in [0.25, 0.3) is 0 Å². The van der Waals surface area contributed by atoms with Crippen molar-refractivity contribution in [2.24, 2.45) is 0 Å². The fourth-order valence-electron chi connectivity index (χ4n) is 2.86. The molecule has 1 atom stereocenters. The molecule has 0 fully saturated rings. The molecule has 0 aromatic carbocycles. The van der Waals surface area contributed by atoms with Crippen molar-refractivity contribution in [2.75, 3.05) is 13.1 Å². The zero-order chi connectivity index (χ0) is 14.0. The van der Waals surface area contributed by atoms with Crippen molar-refractivity contribution in [3.63, 3.8) is 0 Å². The third-order valence-corrected chi connectivity index (χ3v) is 4.18. The predicted octanol–water partition coefficient (Wildman–Crippen LogP) is 2.79. The van der Waals surface area contributed by atoms with Gasteiger partial charge in [0.1, 0.15) is 12.4 Å². The Bertz CT molecular complexity index is 296. The lowest BCUT2D eigenvalue weighted by atomic mass is 10.1. The van der Waals surface area contributed by atoms with Gasteiger partial charge in [0.05, 0.1) is 13.1 Å². The minimum Gasteiger partial charge on any atom is -1.00 e. The first kappa shape index (κ1) is 19.7. The number of rotatable bonds is 11. The first-order valence-electron chi connectivity index (χ1n) is 8.53. The molecule has 0 aromatic rings. The van der Waals surface area contributed by atoms with Crippen LogP contribution < -0.4 is 12.4 Å². The molecule has 0 saturated carbocycles. The van der Waals surface area contributed by atoms with Gasteiger partial charge in [0.2, 0.25) is 0 Å². The van der Waals surface area contributed by atoms with Gasteiger partial charge in [-0.2, -0.15) is 0 Å². The van der Waals surface area contributed by atoms with Gasteiger partial charge >= 0.3 is 0 Å². The zero-order valence-corrected chi connectivity index (χ0v) is 14.6. The van der Waals surface area contributed by atoms with Crippen LogP contribution in [0.15, 0.2) is 24.0 Å². The molecule has 1 nitrogen and oxygen atoms in total. The summed E-state index contributed by atoms with van der Waals surface area (Å²) in [7, 11) is 0. The Balaban J connectivity index is 0.00000361. The molecule has 1 unspecified atom stereocenters. The lowest BCUT2D eigenvalue weighted by Crippen LogP contribution is -3.00. The van der Waals surface area contributed by atoms with E-state index in [4.69, 9.17) is 0 Å². The molecule has 0 amide bonds. The Hall–Kier alpha value is -0.270. The average Bonchev–Trinajstić information content (AvgIpc) is 2.83. The Labute approximate surface area is 133 Å². The highest BCUT2D eigenvalue weighted by Crippen LogP contribution is 2.26. The standard InChI is InChI=1S/C18H34N.ClH/c1-4-7-10-11-15-19(14-9-6-3)16-13-18(17-19)12-8-5-2;/h13,16-17H,4-12,14-15H2,1-3H3;1H/q+1;/p-1. The highest BCUT2D eigenvalue weighted by atomic mass is 35.5. The Morgan fingerprint density at radius 1 is 0.800 bits per heavy atom. The van der Waals surface area contributed by atoms with Gasteiger partial charge in [-0.15, -0.1) is 0 Å². The fraction of sp³-hybridized carbons (Fsp3) is 0.778. The number of hydrogen-bond acceptors (Lipinski definition) is 0.